The molecule has 44 valence electrons. The van der Waals surface area contributed by atoms with Crippen LogP contribution in [0.3, 0.4) is 0 Å². The van der Waals surface area contributed by atoms with Crippen molar-refractivity contribution >= 4 is 5.96 Å². The highest BCUT2D eigenvalue weighted by atomic mass is 16.7. The summed E-state index contributed by atoms with van der Waals surface area (Å²) in [6.07, 6.45) is 0. The maximum absolute atomic E-state index is 9.28. The van der Waals surface area contributed by atoms with Crippen LogP contribution in [0.4, 0.5) is 0 Å². The molecule has 0 bridgehead atoms. The zero-order valence-electron chi connectivity index (χ0n) is 3.53. The molecule has 0 radical (unpaired) electrons. The topological polar surface area (TPSA) is 110 Å². The van der Waals surface area contributed by atoms with Gasteiger partial charge in [0.1, 0.15) is 0 Å². The molecule has 0 fully saturated rings. The van der Waals surface area contributed by atoms with Crippen LogP contribution in [0, 0.1) is 25.6 Å². The van der Waals surface area contributed by atoms with Gasteiger partial charge in [-0.2, -0.15) is 0 Å². The number of nitrogens with one attached hydrogen (secondary N) is 1. The SMILES string of the molecule is N=C([N+](=O)[O-])[N+](=O)[O-]. The first kappa shape index (κ1) is 6.47. The average Bonchev–Trinajstić information content (AvgIpc) is 1.64. The third kappa shape index (κ3) is 1.29. The van der Waals surface area contributed by atoms with Crippen molar-refractivity contribution in [3.05, 3.63) is 20.2 Å². The molecule has 0 rings (SSSR count). The van der Waals surface area contributed by atoms with Crippen LogP contribution in [-0.4, -0.2) is 15.8 Å². The molecule has 0 saturated heterocycles. The van der Waals surface area contributed by atoms with E-state index in [4.69, 9.17) is 5.41 Å². The molecule has 0 aliphatic heterocycles. The van der Waals surface area contributed by atoms with Gasteiger partial charge in [0.15, 0.2) is 0 Å². The van der Waals surface area contributed by atoms with Crippen LogP contribution >= 0.6 is 0 Å². The first-order valence-electron chi connectivity index (χ1n) is 1.43. The lowest BCUT2D eigenvalue weighted by Gasteiger charge is -1.82. The molecule has 0 aliphatic rings. The summed E-state index contributed by atoms with van der Waals surface area (Å²) < 4.78 is 0. The summed E-state index contributed by atoms with van der Waals surface area (Å²) in [5.41, 5.74) is 0. The molecule has 0 atom stereocenters. The molecule has 0 heterocycles. The number of guanidine groups is 1. The second-order valence-electron chi connectivity index (χ2n) is 0.838. The van der Waals surface area contributed by atoms with Crippen LogP contribution in [0.15, 0.2) is 0 Å². The lowest BCUT2D eigenvalue weighted by atomic mass is 11.1. The summed E-state index contributed by atoms with van der Waals surface area (Å²) in [6.45, 7) is 0. The van der Waals surface area contributed by atoms with Crippen LogP contribution in [0.2, 0.25) is 0 Å². The summed E-state index contributed by atoms with van der Waals surface area (Å²) >= 11 is 0. The predicted octanol–water partition coefficient (Wildman–Crippen LogP) is -0.525. The average molecular weight is 119 g/mol. The molecule has 0 saturated carbocycles. The quantitative estimate of drug-likeness (QED) is 0.200. The fourth-order valence-corrected chi connectivity index (χ4v) is 0.0667. The summed E-state index contributed by atoms with van der Waals surface area (Å²) in [5.74, 6) is -1.70. The lowest BCUT2D eigenvalue weighted by Crippen LogP contribution is -2.19. The normalized spacial score (nSPS) is 8.00. The highest BCUT2D eigenvalue weighted by Crippen LogP contribution is 1.73. The van der Waals surface area contributed by atoms with Gasteiger partial charge in [-0.15, -0.1) is 0 Å². The molecule has 0 aromatic carbocycles. The van der Waals surface area contributed by atoms with Crippen molar-refractivity contribution in [3.8, 4) is 0 Å². The molecule has 7 nitrogen and oxygen atoms in total. The molecular formula is CHN3O4. The molecular weight excluding hydrogens is 118 g/mol. The van der Waals surface area contributed by atoms with E-state index in [1.807, 2.05) is 0 Å². The fourth-order valence-electron chi connectivity index (χ4n) is 0.0667. The van der Waals surface area contributed by atoms with Crippen molar-refractivity contribution in [2.75, 3.05) is 0 Å². The third-order valence-electron chi connectivity index (χ3n) is 0.346. The van der Waals surface area contributed by atoms with Gasteiger partial charge >= 0.3 is 5.96 Å². The van der Waals surface area contributed by atoms with E-state index >= 15 is 0 Å². The summed E-state index contributed by atoms with van der Waals surface area (Å²) in [7, 11) is 0. The van der Waals surface area contributed by atoms with Crippen molar-refractivity contribution in [1.29, 1.82) is 5.41 Å². The number of nitrogens with zero attached hydrogens (tertiary/aromatic N) is 2. The van der Waals surface area contributed by atoms with Crippen molar-refractivity contribution in [3.63, 3.8) is 0 Å². The van der Waals surface area contributed by atoms with Crippen LogP contribution in [0.25, 0.3) is 0 Å². The Morgan fingerprint density at radius 2 is 1.50 bits per heavy atom. The van der Waals surface area contributed by atoms with Gasteiger partial charge < -0.3 is 20.2 Å². The first-order chi connectivity index (χ1) is 3.55. The zero-order chi connectivity index (χ0) is 6.73. The number of hydrogen-bond acceptors (Lipinski definition) is 5. The number of nitro groups is 2. The van der Waals surface area contributed by atoms with Gasteiger partial charge in [-0.1, -0.05) is 0 Å². The second kappa shape index (κ2) is 1.96. The standard InChI is InChI=1S/CHN3O4/c2-1(3(5)6)4(7)8/h2H. The summed E-state index contributed by atoms with van der Waals surface area (Å²) in [5, 5.41) is 24.6. The summed E-state index contributed by atoms with van der Waals surface area (Å²) in [6, 6.07) is 0. The van der Waals surface area contributed by atoms with Crippen LogP contribution in [0.5, 0.6) is 0 Å². The van der Waals surface area contributed by atoms with E-state index in [2.05, 4.69) is 0 Å². The van der Waals surface area contributed by atoms with E-state index in [0.717, 1.165) is 0 Å². The summed E-state index contributed by atoms with van der Waals surface area (Å²) in [4.78, 5) is 15.8. The van der Waals surface area contributed by atoms with E-state index in [1.165, 1.54) is 0 Å². The molecule has 0 unspecified atom stereocenters. The largest absolute Gasteiger partial charge is 0.667 e. The minimum absolute atomic E-state index is 1.38. The Balaban J connectivity index is 4.05. The van der Waals surface area contributed by atoms with E-state index in [-0.39, 0.29) is 0 Å². The smallest absolute Gasteiger partial charge is 0.320 e. The molecule has 0 aliphatic carbocycles. The van der Waals surface area contributed by atoms with Crippen molar-refractivity contribution in [2.45, 2.75) is 0 Å². The molecule has 7 heteroatoms. The molecule has 0 amide bonds. The zero-order valence-corrected chi connectivity index (χ0v) is 3.53. The first-order valence-corrected chi connectivity index (χ1v) is 1.43. The molecule has 8 heavy (non-hydrogen) atoms. The van der Waals surface area contributed by atoms with Gasteiger partial charge in [-0.3, -0.25) is 0 Å². The Kier molecular flexibility index (Phi) is 1.58. The van der Waals surface area contributed by atoms with Crippen LogP contribution in [0.1, 0.15) is 0 Å². The fraction of sp³-hybridized carbons (Fsp3) is 0. The Morgan fingerprint density at radius 3 is 1.50 bits per heavy atom. The molecule has 0 spiro atoms. The maximum Gasteiger partial charge on any atom is 0.667 e. The Hall–Kier alpha value is -1.53. The maximum atomic E-state index is 9.28. The third-order valence-corrected chi connectivity index (χ3v) is 0.346. The molecule has 0 aromatic rings. The van der Waals surface area contributed by atoms with E-state index < -0.39 is 15.8 Å². The van der Waals surface area contributed by atoms with Crippen LogP contribution < -0.4 is 0 Å². The van der Waals surface area contributed by atoms with E-state index in [1.54, 1.807) is 0 Å². The van der Waals surface area contributed by atoms with E-state index in [0.29, 0.717) is 0 Å². The predicted molar refractivity (Wildman–Crippen MR) is 21.7 cm³/mol. The monoisotopic (exact) mass is 119 g/mol. The highest BCUT2D eigenvalue weighted by Gasteiger charge is 2.21. The van der Waals surface area contributed by atoms with Gasteiger partial charge in [0.05, 0.1) is 9.85 Å². The van der Waals surface area contributed by atoms with Crippen LogP contribution in [-0.2, 0) is 0 Å². The Labute approximate surface area is 42.7 Å². The van der Waals surface area contributed by atoms with Crippen molar-refractivity contribution in [2.24, 2.45) is 0 Å². The van der Waals surface area contributed by atoms with Gasteiger partial charge in [0.25, 0.3) is 0 Å². The van der Waals surface area contributed by atoms with Gasteiger partial charge in [0, 0.05) is 5.41 Å². The minimum Gasteiger partial charge on any atom is -0.320 e. The lowest BCUT2D eigenvalue weighted by molar-refractivity contribution is -0.504. The van der Waals surface area contributed by atoms with Gasteiger partial charge in [-0.05, 0) is 0 Å². The van der Waals surface area contributed by atoms with Gasteiger partial charge in [0.2, 0.25) is 0 Å². The minimum atomic E-state index is -1.70. The Bertz CT molecular complexity index is 133. The van der Waals surface area contributed by atoms with Crippen molar-refractivity contribution < 1.29 is 9.85 Å². The van der Waals surface area contributed by atoms with Gasteiger partial charge in [-0.25, -0.2) is 0 Å². The molecule has 0 aromatic heterocycles. The Morgan fingerprint density at radius 1 is 1.25 bits per heavy atom. The number of rotatable bonds is 0. The van der Waals surface area contributed by atoms with E-state index in [9.17, 15) is 20.2 Å². The van der Waals surface area contributed by atoms with Crippen molar-refractivity contribution in [1.82, 2.24) is 0 Å². The highest BCUT2D eigenvalue weighted by molar-refractivity contribution is 5.57. The second-order valence-corrected chi connectivity index (χ2v) is 0.838. The number of hydrogen-bond donors (Lipinski definition) is 1. The molecule has 1 N–H and O–H groups in total.